The lowest BCUT2D eigenvalue weighted by Gasteiger charge is -2.47. The molecule has 5 heteroatoms. The zero-order chi connectivity index (χ0) is 12.5. The third kappa shape index (κ3) is 3.12. The van der Waals surface area contributed by atoms with Gasteiger partial charge >= 0.3 is 0 Å². The van der Waals surface area contributed by atoms with Crippen LogP contribution in [0.5, 0.6) is 0 Å². The molecule has 0 radical (unpaired) electrons. The lowest BCUT2D eigenvalue weighted by Crippen LogP contribution is -2.55. The van der Waals surface area contributed by atoms with E-state index in [1.54, 1.807) is 0 Å². The molecule has 3 rings (SSSR count). The number of nitrogens with zero attached hydrogens (tertiary/aromatic N) is 1. The van der Waals surface area contributed by atoms with E-state index in [0.717, 1.165) is 17.7 Å². The van der Waals surface area contributed by atoms with Crippen LogP contribution in [0.3, 0.4) is 0 Å². The molecule has 1 N–H and O–H groups in total. The summed E-state index contributed by atoms with van der Waals surface area (Å²) in [5.74, 6) is 0.109. The molecule has 0 aliphatic carbocycles. The maximum Gasteiger partial charge on any atom is 0.261 e. The fourth-order valence-electron chi connectivity index (χ4n) is 3.40. The van der Waals surface area contributed by atoms with Gasteiger partial charge in [0.15, 0.2) is 0 Å². The van der Waals surface area contributed by atoms with Crippen molar-refractivity contribution >= 4 is 29.7 Å². The van der Waals surface area contributed by atoms with E-state index in [2.05, 4.69) is 17.3 Å². The average molecular weight is 301 g/mol. The van der Waals surface area contributed by atoms with Crippen molar-refractivity contribution < 1.29 is 4.79 Å². The second-order valence-electron chi connectivity index (χ2n) is 5.52. The zero-order valence-corrected chi connectivity index (χ0v) is 12.8. The molecule has 106 valence electrons. The van der Waals surface area contributed by atoms with Crippen molar-refractivity contribution in [2.45, 2.75) is 50.2 Å². The van der Waals surface area contributed by atoms with Crippen LogP contribution in [0, 0.1) is 0 Å². The van der Waals surface area contributed by atoms with E-state index in [1.165, 1.54) is 30.6 Å². The molecular formula is C14H21ClN2OS. The Bertz CT molecular complexity index is 409. The van der Waals surface area contributed by atoms with Crippen molar-refractivity contribution in [2.75, 3.05) is 7.05 Å². The number of fused-ring (bicyclic) bond motifs is 2. The first-order valence-corrected chi connectivity index (χ1v) is 7.68. The molecule has 19 heavy (non-hydrogen) atoms. The lowest BCUT2D eigenvalue weighted by atomic mass is 9.82. The fraction of sp³-hybridized carbons (Fsp3) is 0.643. The number of hydrogen-bond acceptors (Lipinski definition) is 3. The maximum absolute atomic E-state index is 12.1. The Morgan fingerprint density at radius 2 is 2.05 bits per heavy atom. The molecule has 2 aliphatic rings. The Kier molecular flexibility index (Phi) is 4.87. The van der Waals surface area contributed by atoms with Crippen LogP contribution < -0.4 is 5.32 Å². The van der Waals surface area contributed by atoms with Gasteiger partial charge in [0.2, 0.25) is 0 Å². The largest absolute Gasteiger partial charge is 0.348 e. The van der Waals surface area contributed by atoms with Crippen molar-refractivity contribution in [1.29, 1.82) is 0 Å². The number of carbonyl (C=O) groups excluding carboxylic acids is 1. The summed E-state index contributed by atoms with van der Waals surface area (Å²) in [6.07, 6.45) is 6.16. The van der Waals surface area contributed by atoms with Crippen molar-refractivity contribution in [3.8, 4) is 0 Å². The molecule has 3 heterocycles. The van der Waals surface area contributed by atoms with Gasteiger partial charge in [-0.1, -0.05) is 12.5 Å². The van der Waals surface area contributed by atoms with Crippen LogP contribution in [-0.4, -0.2) is 36.0 Å². The van der Waals surface area contributed by atoms with Crippen molar-refractivity contribution in [3.05, 3.63) is 22.4 Å². The topological polar surface area (TPSA) is 32.3 Å². The van der Waals surface area contributed by atoms with E-state index in [-0.39, 0.29) is 18.3 Å². The third-order valence-electron chi connectivity index (χ3n) is 4.42. The Morgan fingerprint density at radius 1 is 1.37 bits per heavy atom. The van der Waals surface area contributed by atoms with Gasteiger partial charge in [0.1, 0.15) is 0 Å². The molecule has 2 aliphatic heterocycles. The molecular weight excluding hydrogens is 280 g/mol. The van der Waals surface area contributed by atoms with E-state index >= 15 is 0 Å². The predicted octanol–water partition coefficient (Wildman–Crippen LogP) is 2.92. The summed E-state index contributed by atoms with van der Waals surface area (Å²) in [4.78, 5) is 15.4. The molecule has 2 bridgehead atoms. The Labute approximate surface area is 124 Å². The SMILES string of the molecule is CN1C2CCCC1CC(NC(=O)c1cccs1)C2.Cl. The highest BCUT2D eigenvalue weighted by molar-refractivity contribution is 7.12. The monoisotopic (exact) mass is 300 g/mol. The van der Waals surface area contributed by atoms with E-state index in [0.29, 0.717) is 18.1 Å². The van der Waals surface area contributed by atoms with Crippen LogP contribution in [0.25, 0.3) is 0 Å². The first kappa shape index (κ1) is 14.8. The minimum absolute atomic E-state index is 0. The van der Waals surface area contributed by atoms with Crippen LogP contribution in [-0.2, 0) is 0 Å². The standard InChI is InChI=1S/C14H20N2OS.ClH/c1-16-11-4-2-5-12(16)9-10(8-11)15-14(17)13-6-3-7-18-13;/h3,6-7,10-12H,2,4-5,8-9H2,1H3,(H,15,17);1H. The summed E-state index contributed by atoms with van der Waals surface area (Å²) < 4.78 is 0. The molecule has 2 unspecified atom stereocenters. The van der Waals surface area contributed by atoms with E-state index in [1.807, 2.05) is 17.5 Å². The van der Waals surface area contributed by atoms with Gasteiger partial charge < -0.3 is 10.2 Å². The Hall–Kier alpha value is -0.580. The van der Waals surface area contributed by atoms with Gasteiger partial charge in [0.05, 0.1) is 4.88 Å². The number of piperidine rings is 2. The van der Waals surface area contributed by atoms with E-state index in [9.17, 15) is 4.79 Å². The van der Waals surface area contributed by atoms with Crippen LogP contribution in [0.1, 0.15) is 41.8 Å². The summed E-state index contributed by atoms with van der Waals surface area (Å²) in [5, 5.41) is 5.17. The lowest BCUT2D eigenvalue weighted by molar-refractivity contribution is 0.0464. The van der Waals surface area contributed by atoms with Crippen LogP contribution in [0.4, 0.5) is 0 Å². The van der Waals surface area contributed by atoms with E-state index in [4.69, 9.17) is 0 Å². The molecule has 2 atom stereocenters. The van der Waals surface area contributed by atoms with Gasteiger partial charge in [-0.3, -0.25) is 4.79 Å². The molecule has 0 spiro atoms. The fourth-order valence-corrected chi connectivity index (χ4v) is 4.02. The summed E-state index contributed by atoms with van der Waals surface area (Å²) in [5.41, 5.74) is 0. The highest BCUT2D eigenvalue weighted by Crippen LogP contribution is 2.32. The molecule has 3 nitrogen and oxygen atoms in total. The molecule has 0 saturated carbocycles. The molecule has 1 aromatic heterocycles. The average Bonchev–Trinajstić information content (AvgIpc) is 2.84. The number of hydrogen-bond donors (Lipinski definition) is 1. The van der Waals surface area contributed by atoms with Crippen LogP contribution in [0.15, 0.2) is 17.5 Å². The normalized spacial score (nSPS) is 30.5. The second kappa shape index (κ2) is 6.25. The third-order valence-corrected chi connectivity index (χ3v) is 5.29. The van der Waals surface area contributed by atoms with Gasteiger partial charge in [0, 0.05) is 18.1 Å². The molecule has 0 aromatic carbocycles. The van der Waals surface area contributed by atoms with Crippen LogP contribution in [0.2, 0.25) is 0 Å². The van der Waals surface area contributed by atoms with Gasteiger partial charge in [0.25, 0.3) is 5.91 Å². The minimum Gasteiger partial charge on any atom is -0.348 e. The number of amides is 1. The Morgan fingerprint density at radius 3 is 2.63 bits per heavy atom. The minimum atomic E-state index is 0. The van der Waals surface area contributed by atoms with E-state index < -0.39 is 0 Å². The zero-order valence-electron chi connectivity index (χ0n) is 11.2. The van der Waals surface area contributed by atoms with Gasteiger partial charge in [-0.2, -0.15) is 0 Å². The molecule has 1 aromatic rings. The summed E-state index contributed by atoms with van der Waals surface area (Å²) in [6, 6.07) is 5.54. The summed E-state index contributed by atoms with van der Waals surface area (Å²) in [7, 11) is 2.24. The first-order chi connectivity index (χ1) is 8.74. The van der Waals surface area contributed by atoms with Gasteiger partial charge in [-0.05, 0) is 44.2 Å². The highest BCUT2D eigenvalue weighted by atomic mass is 35.5. The van der Waals surface area contributed by atoms with Crippen molar-refractivity contribution in [2.24, 2.45) is 0 Å². The number of thiophene rings is 1. The Balaban J connectivity index is 0.00000133. The van der Waals surface area contributed by atoms with Crippen molar-refractivity contribution in [1.82, 2.24) is 10.2 Å². The number of nitrogens with one attached hydrogen (secondary N) is 1. The quantitative estimate of drug-likeness (QED) is 0.911. The highest BCUT2D eigenvalue weighted by Gasteiger charge is 2.36. The first-order valence-electron chi connectivity index (χ1n) is 6.80. The van der Waals surface area contributed by atoms with Gasteiger partial charge in [-0.25, -0.2) is 0 Å². The molecule has 2 saturated heterocycles. The number of carbonyl (C=O) groups is 1. The second-order valence-corrected chi connectivity index (χ2v) is 6.47. The van der Waals surface area contributed by atoms with Gasteiger partial charge in [-0.15, -0.1) is 23.7 Å². The summed E-state index contributed by atoms with van der Waals surface area (Å²) >= 11 is 1.52. The van der Waals surface area contributed by atoms with Crippen molar-refractivity contribution in [3.63, 3.8) is 0 Å². The number of halogens is 1. The molecule has 2 fully saturated rings. The van der Waals surface area contributed by atoms with Crippen LogP contribution >= 0.6 is 23.7 Å². The number of rotatable bonds is 2. The molecule has 1 amide bonds. The maximum atomic E-state index is 12.1. The summed E-state index contributed by atoms with van der Waals surface area (Å²) in [6.45, 7) is 0. The smallest absolute Gasteiger partial charge is 0.261 e. The predicted molar refractivity (Wildman–Crippen MR) is 81.2 cm³/mol.